The minimum absolute atomic E-state index is 0. The smallest absolute Gasteiger partial charge is 0.222 e. The number of amides is 1. The van der Waals surface area contributed by atoms with E-state index in [4.69, 9.17) is 0 Å². The second-order valence-electron chi connectivity index (χ2n) is 5.40. The van der Waals surface area contributed by atoms with E-state index in [1.165, 1.54) is 12.8 Å². The number of rotatable bonds is 5. The molecule has 1 N–H and O–H groups in total. The van der Waals surface area contributed by atoms with Crippen LogP contribution in [0.4, 0.5) is 0 Å². The quantitative estimate of drug-likeness (QED) is 0.825. The minimum Gasteiger partial charge on any atom is -0.346 e. The number of nitrogens with one attached hydrogen (secondary N) is 1. The summed E-state index contributed by atoms with van der Waals surface area (Å²) in [5, 5.41) is 3.36. The van der Waals surface area contributed by atoms with E-state index in [1.807, 2.05) is 11.9 Å². The first-order valence-corrected chi connectivity index (χ1v) is 6.54. The van der Waals surface area contributed by atoms with Crippen molar-refractivity contribution in [3.63, 3.8) is 0 Å². The number of hydrogen-bond acceptors (Lipinski definition) is 2. The minimum atomic E-state index is 0. The van der Waals surface area contributed by atoms with Crippen LogP contribution in [0.2, 0.25) is 0 Å². The third-order valence-electron chi connectivity index (χ3n) is 3.29. The van der Waals surface area contributed by atoms with E-state index < -0.39 is 0 Å². The average Bonchev–Trinajstić information content (AvgIpc) is 2.26. The zero-order valence-electron chi connectivity index (χ0n) is 11.4. The van der Waals surface area contributed by atoms with Crippen LogP contribution in [-0.4, -0.2) is 37.5 Å². The van der Waals surface area contributed by atoms with E-state index in [9.17, 15) is 4.79 Å². The molecule has 1 aliphatic rings. The third-order valence-corrected chi connectivity index (χ3v) is 3.29. The molecule has 0 radical (unpaired) electrons. The van der Waals surface area contributed by atoms with Crippen LogP contribution in [0.5, 0.6) is 0 Å². The number of hydrogen-bond donors (Lipinski definition) is 1. The first-order valence-electron chi connectivity index (χ1n) is 6.54. The largest absolute Gasteiger partial charge is 0.346 e. The fraction of sp³-hybridized carbons (Fsp3) is 0.923. The predicted octanol–water partition coefficient (Wildman–Crippen LogP) is 2.30. The third kappa shape index (κ3) is 6.89. The van der Waals surface area contributed by atoms with E-state index >= 15 is 0 Å². The van der Waals surface area contributed by atoms with Crippen molar-refractivity contribution in [3.05, 3.63) is 0 Å². The highest BCUT2D eigenvalue weighted by atomic mass is 35.5. The lowest BCUT2D eigenvalue weighted by molar-refractivity contribution is -0.130. The Morgan fingerprint density at radius 2 is 1.94 bits per heavy atom. The summed E-state index contributed by atoms with van der Waals surface area (Å²) in [5.74, 6) is 1.64. The first-order chi connectivity index (χ1) is 7.59. The normalized spacial score (nSPS) is 16.7. The van der Waals surface area contributed by atoms with Crippen LogP contribution in [-0.2, 0) is 4.79 Å². The molecule has 0 aromatic heterocycles. The van der Waals surface area contributed by atoms with Gasteiger partial charge in [0.15, 0.2) is 0 Å². The van der Waals surface area contributed by atoms with Gasteiger partial charge in [0.25, 0.3) is 0 Å². The molecule has 1 amide bonds. The molecule has 3 nitrogen and oxygen atoms in total. The van der Waals surface area contributed by atoms with E-state index in [1.54, 1.807) is 0 Å². The fourth-order valence-electron chi connectivity index (χ4n) is 2.34. The predicted molar refractivity (Wildman–Crippen MR) is 74.6 cm³/mol. The first kappa shape index (κ1) is 16.7. The number of carbonyl (C=O) groups excluding carboxylic acids is 1. The van der Waals surface area contributed by atoms with Gasteiger partial charge in [-0.25, -0.2) is 0 Å². The highest BCUT2D eigenvalue weighted by molar-refractivity contribution is 5.85. The summed E-state index contributed by atoms with van der Waals surface area (Å²) in [6.45, 7) is 7.43. The highest BCUT2D eigenvalue weighted by Gasteiger charge is 2.16. The molecule has 4 heteroatoms. The average molecular weight is 263 g/mol. The maximum atomic E-state index is 11.8. The molecule has 0 aliphatic carbocycles. The topological polar surface area (TPSA) is 32.3 Å². The Bertz CT molecular complexity index is 215. The van der Waals surface area contributed by atoms with Gasteiger partial charge in [-0.3, -0.25) is 4.79 Å². The van der Waals surface area contributed by atoms with Crippen LogP contribution >= 0.6 is 12.4 Å². The molecule has 1 heterocycles. The second kappa shape index (κ2) is 8.76. The van der Waals surface area contributed by atoms with Crippen LogP contribution in [0, 0.1) is 11.8 Å². The van der Waals surface area contributed by atoms with Crippen LogP contribution in [0.1, 0.15) is 39.5 Å². The Balaban J connectivity index is 0.00000256. The van der Waals surface area contributed by atoms with E-state index in [-0.39, 0.29) is 12.4 Å². The van der Waals surface area contributed by atoms with Gasteiger partial charge in [-0.2, -0.15) is 0 Å². The monoisotopic (exact) mass is 262 g/mol. The van der Waals surface area contributed by atoms with Gasteiger partial charge in [0, 0.05) is 20.0 Å². The summed E-state index contributed by atoms with van der Waals surface area (Å²) >= 11 is 0. The maximum absolute atomic E-state index is 11.8. The summed E-state index contributed by atoms with van der Waals surface area (Å²) < 4.78 is 0. The van der Waals surface area contributed by atoms with E-state index in [0.717, 1.165) is 38.4 Å². The van der Waals surface area contributed by atoms with Crippen molar-refractivity contribution >= 4 is 18.3 Å². The molecule has 0 aromatic carbocycles. The Kier molecular flexibility index (Phi) is 8.61. The van der Waals surface area contributed by atoms with Crippen molar-refractivity contribution in [2.75, 3.05) is 26.7 Å². The second-order valence-corrected chi connectivity index (χ2v) is 5.40. The van der Waals surface area contributed by atoms with Gasteiger partial charge in [-0.05, 0) is 44.2 Å². The van der Waals surface area contributed by atoms with E-state index in [0.29, 0.717) is 11.8 Å². The van der Waals surface area contributed by atoms with Crippen LogP contribution in [0.15, 0.2) is 0 Å². The zero-order chi connectivity index (χ0) is 12.0. The fourth-order valence-corrected chi connectivity index (χ4v) is 2.34. The summed E-state index contributed by atoms with van der Waals surface area (Å²) in [4.78, 5) is 13.7. The molecular formula is C13H27ClN2O. The molecule has 0 bridgehead atoms. The number of halogens is 1. The maximum Gasteiger partial charge on any atom is 0.222 e. The summed E-state index contributed by atoms with van der Waals surface area (Å²) in [6, 6.07) is 0. The van der Waals surface area contributed by atoms with Gasteiger partial charge < -0.3 is 10.2 Å². The molecule has 1 rings (SSSR count). The van der Waals surface area contributed by atoms with E-state index in [2.05, 4.69) is 19.2 Å². The lowest BCUT2D eigenvalue weighted by Crippen LogP contribution is -2.32. The van der Waals surface area contributed by atoms with Crippen molar-refractivity contribution in [1.29, 1.82) is 0 Å². The summed E-state index contributed by atoms with van der Waals surface area (Å²) in [5.41, 5.74) is 0. The van der Waals surface area contributed by atoms with Gasteiger partial charge in [0.2, 0.25) is 5.91 Å². The molecule has 17 heavy (non-hydrogen) atoms. The van der Waals surface area contributed by atoms with Crippen LogP contribution in [0.25, 0.3) is 0 Å². The van der Waals surface area contributed by atoms with Crippen molar-refractivity contribution in [3.8, 4) is 0 Å². The molecule has 0 atom stereocenters. The molecular weight excluding hydrogens is 236 g/mol. The van der Waals surface area contributed by atoms with Crippen molar-refractivity contribution in [1.82, 2.24) is 10.2 Å². The van der Waals surface area contributed by atoms with Crippen LogP contribution in [0.3, 0.4) is 0 Å². The van der Waals surface area contributed by atoms with Gasteiger partial charge in [0.05, 0.1) is 0 Å². The molecule has 0 unspecified atom stereocenters. The van der Waals surface area contributed by atoms with Gasteiger partial charge in [-0.15, -0.1) is 12.4 Å². The molecule has 0 saturated carbocycles. The molecule has 0 spiro atoms. The molecule has 102 valence electrons. The number of piperidine rings is 1. The highest BCUT2D eigenvalue weighted by Crippen LogP contribution is 2.18. The SMILES string of the molecule is CC(C)CN(C)C(=O)CCC1CCNCC1.Cl. The van der Waals surface area contributed by atoms with Gasteiger partial charge in [-0.1, -0.05) is 13.8 Å². The number of nitrogens with zero attached hydrogens (tertiary/aromatic N) is 1. The van der Waals surface area contributed by atoms with Gasteiger partial charge in [0.1, 0.15) is 0 Å². The molecule has 1 saturated heterocycles. The standard InChI is InChI=1S/C13H26N2O.ClH/c1-11(2)10-15(3)13(16)5-4-12-6-8-14-9-7-12;/h11-12,14H,4-10H2,1-3H3;1H. The number of carbonyl (C=O) groups is 1. The molecule has 1 fully saturated rings. The summed E-state index contributed by atoms with van der Waals surface area (Å²) in [7, 11) is 1.92. The lowest BCUT2D eigenvalue weighted by atomic mass is 9.93. The van der Waals surface area contributed by atoms with Crippen LogP contribution < -0.4 is 5.32 Å². The Hall–Kier alpha value is -0.280. The van der Waals surface area contributed by atoms with Crippen molar-refractivity contribution < 1.29 is 4.79 Å². The summed E-state index contributed by atoms with van der Waals surface area (Å²) in [6.07, 6.45) is 4.28. The molecule has 0 aromatic rings. The Morgan fingerprint density at radius 1 is 1.35 bits per heavy atom. The molecule has 1 aliphatic heterocycles. The Morgan fingerprint density at radius 3 is 2.47 bits per heavy atom. The lowest BCUT2D eigenvalue weighted by Gasteiger charge is -2.24. The Labute approximate surface area is 112 Å². The van der Waals surface area contributed by atoms with Crippen molar-refractivity contribution in [2.24, 2.45) is 11.8 Å². The zero-order valence-corrected chi connectivity index (χ0v) is 12.2. The van der Waals surface area contributed by atoms with Gasteiger partial charge >= 0.3 is 0 Å². The van der Waals surface area contributed by atoms with Crippen molar-refractivity contribution in [2.45, 2.75) is 39.5 Å².